The molecule has 0 bridgehead atoms. The summed E-state index contributed by atoms with van der Waals surface area (Å²) in [5, 5.41) is 10.3. The number of aliphatic hydroxyl groups is 1. The van der Waals surface area contributed by atoms with Crippen LogP contribution in [0.4, 0.5) is 14.5 Å². The average molecular weight is 385 g/mol. The number of benzene rings is 2. The van der Waals surface area contributed by atoms with E-state index in [9.17, 15) is 23.5 Å². The molecule has 1 aliphatic heterocycles. The number of anilines is 1. The van der Waals surface area contributed by atoms with Gasteiger partial charge in [-0.2, -0.15) is 8.78 Å². The highest BCUT2D eigenvalue weighted by Crippen LogP contribution is 2.47. The SMILES string of the molecule is C[C@@H](O)c1cccc2c1C(F)(F)C(=O)N2Cc1nc2ccccc2c(=O)n1C. The third-order valence-corrected chi connectivity index (χ3v) is 5.02. The van der Waals surface area contributed by atoms with Gasteiger partial charge < -0.3 is 5.11 Å². The van der Waals surface area contributed by atoms with Gasteiger partial charge in [0.2, 0.25) is 0 Å². The number of hydrogen-bond acceptors (Lipinski definition) is 4. The van der Waals surface area contributed by atoms with Crippen LogP contribution >= 0.6 is 0 Å². The molecule has 0 saturated carbocycles. The van der Waals surface area contributed by atoms with Gasteiger partial charge in [-0.1, -0.05) is 24.3 Å². The van der Waals surface area contributed by atoms with Gasteiger partial charge in [0.15, 0.2) is 0 Å². The quantitative estimate of drug-likeness (QED) is 0.752. The van der Waals surface area contributed by atoms with Crippen molar-refractivity contribution in [3.63, 3.8) is 0 Å². The molecule has 3 aromatic rings. The molecular weight excluding hydrogens is 368 g/mol. The third-order valence-electron chi connectivity index (χ3n) is 5.02. The first-order valence-electron chi connectivity index (χ1n) is 8.69. The van der Waals surface area contributed by atoms with Crippen molar-refractivity contribution in [1.29, 1.82) is 0 Å². The zero-order valence-electron chi connectivity index (χ0n) is 15.2. The Balaban J connectivity index is 1.86. The molecule has 1 atom stereocenters. The first-order valence-corrected chi connectivity index (χ1v) is 8.69. The molecule has 2 aromatic carbocycles. The number of carbonyl (C=O) groups is 1. The van der Waals surface area contributed by atoms with Crippen molar-refractivity contribution in [2.24, 2.45) is 7.05 Å². The van der Waals surface area contributed by atoms with E-state index in [1.54, 1.807) is 24.3 Å². The average Bonchev–Trinajstić information content (AvgIpc) is 2.86. The maximum Gasteiger partial charge on any atom is 0.352 e. The number of carbonyl (C=O) groups excluding carboxylic acids is 1. The van der Waals surface area contributed by atoms with Crippen molar-refractivity contribution in [2.75, 3.05) is 4.90 Å². The van der Waals surface area contributed by atoms with Crippen LogP contribution in [0.25, 0.3) is 10.9 Å². The zero-order chi connectivity index (χ0) is 20.2. The number of fused-ring (bicyclic) bond motifs is 2. The summed E-state index contributed by atoms with van der Waals surface area (Å²) in [5.74, 6) is -4.99. The summed E-state index contributed by atoms with van der Waals surface area (Å²) >= 11 is 0. The Morgan fingerprint density at radius 3 is 2.57 bits per heavy atom. The zero-order valence-corrected chi connectivity index (χ0v) is 15.2. The smallest absolute Gasteiger partial charge is 0.352 e. The molecule has 0 spiro atoms. The Morgan fingerprint density at radius 2 is 1.86 bits per heavy atom. The first kappa shape index (κ1) is 18.2. The molecule has 0 fully saturated rings. The van der Waals surface area contributed by atoms with Crippen LogP contribution in [-0.4, -0.2) is 20.6 Å². The molecule has 4 rings (SSSR count). The Morgan fingerprint density at radius 1 is 1.14 bits per heavy atom. The second-order valence-electron chi connectivity index (χ2n) is 6.79. The van der Waals surface area contributed by atoms with Gasteiger partial charge in [0.25, 0.3) is 5.56 Å². The highest BCUT2D eigenvalue weighted by molar-refractivity contribution is 6.06. The summed E-state index contributed by atoms with van der Waals surface area (Å²) in [4.78, 5) is 30.4. The fourth-order valence-corrected chi connectivity index (χ4v) is 3.56. The van der Waals surface area contributed by atoms with Crippen LogP contribution in [0.15, 0.2) is 47.3 Å². The van der Waals surface area contributed by atoms with E-state index in [1.807, 2.05) is 0 Å². The van der Waals surface area contributed by atoms with Gasteiger partial charge in [0.05, 0.1) is 34.8 Å². The van der Waals surface area contributed by atoms with E-state index in [2.05, 4.69) is 4.98 Å². The Labute approximate surface area is 158 Å². The minimum absolute atomic E-state index is 0.00119. The number of nitrogens with zero attached hydrogens (tertiary/aromatic N) is 3. The summed E-state index contributed by atoms with van der Waals surface area (Å²) in [7, 11) is 1.49. The number of halogens is 2. The van der Waals surface area contributed by atoms with Crippen molar-refractivity contribution in [3.05, 3.63) is 69.8 Å². The lowest BCUT2D eigenvalue weighted by Gasteiger charge is -2.19. The normalized spacial score (nSPS) is 16.5. The molecule has 1 aliphatic rings. The monoisotopic (exact) mass is 385 g/mol. The Kier molecular flexibility index (Phi) is 4.04. The number of hydrogen-bond donors (Lipinski definition) is 1. The van der Waals surface area contributed by atoms with E-state index in [0.29, 0.717) is 10.9 Å². The number of alkyl halides is 2. The molecule has 6 nitrogen and oxygen atoms in total. The maximum absolute atomic E-state index is 14.7. The second-order valence-corrected chi connectivity index (χ2v) is 6.79. The molecule has 2 heterocycles. The lowest BCUT2D eigenvalue weighted by atomic mass is 9.99. The largest absolute Gasteiger partial charge is 0.389 e. The molecule has 1 N–H and O–H groups in total. The van der Waals surface area contributed by atoms with E-state index in [4.69, 9.17) is 0 Å². The van der Waals surface area contributed by atoms with Crippen LogP contribution < -0.4 is 10.5 Å². The molecule has 28 heavy (non-hydrogen) atoms. The van der Waals surface area contributed by atoms with E-state index in [0.717, 1.165) is 4.90 Å². The summed E-state index contributed by atoms with van der Waals surface area (Å²) in [5.41, 5.74) is -0.385. The highest BCUT2D eigenvalue weighted by Gasteiger charge is 2.54. The molecule has 1 amide bonds. The highest BCUT2D eigenvalue weighted by atomic mass is 19.3. The number of rotatable bonds is 3. The van der Waals surface area contributed by atoms with Crippen LogP contribution in [0.2, 0.25) is 0 Å². The molecule has 144 valence electrons. The fraction of sp³-hybridized carbons (Fsp3) is 0.250. The molecule has 1 aromatic heterocycles. The van der Waals surface area contributed by atoms with Crippen molar-refractivity contribution in [2.45, 2.75) is 25.5 Å². The molecule has 8 heteroatoms. The van der Waals surface area contributed by atoms with E-state index < -0.39 is 23.5 Å². The lowest BCUT2D eigenvalue weighted by Crippen LogP contribution is -2.36. The third kappa shape index (κ3) is 2.52. The molecule has 0 saturated heterocycles. The summed E-state index contributed by atoms with van der Waals surface area (Å²) < 4.78 is 30.7. The van der Waals surface area contributed by atoms with E-state index in [1.165, 1.54) is 36.7 Å². The van der Waals surface area contributed by atoms with Gasteiger partial charge in [-0.05, 0) is 30.7 Å². The number of amides is 1. The van der Waals surface area contributed by atoms with Gasteiger partial charge in [-0.25, -0.2) is 4.98 Å². The lowest BCUT2D eigenvalue weighted by molar-refractivity contribution is -0.141. The van der Waals surface area contributed by atoms with Gasteiger partial charge >= 0.3 is 11.8 Å². The van der Waals surface area contributed by atoms with Gasteiger partial charge in [-0.3, -0.25) is 19.1 Å². The molecule has 0 radical (unpaired) electrons. The van der Waals surface area contributed by atoms with Gasteiger partial charge in [-0.15, -0.1) is 0 Å². The van der Waals surface area contributed by atoms with Crippen LogP contribution in [0.3, 0.4) is 0 Å². The minimum Gasteiger partial charge on any atom is -0.389 e. The Bertz CT molecular complexity index is 1170. The van der Waals surface area contributed by atoms with Crippen molar-refractivity contribution >= 4 is 22.5 Å². The summed E-state index contributed by atoms with van der Waals surface area (Å²) in [6, 6.07) is 11.0. The van der Waals surface area contributed by atoms with Crippen molar-refractivity contribution < 1.29 is 18.7 Å². The summed E-state index contributed by atoms with van der Waals surface area (Å²) in [6.07, 6.45) is -1.16. The fourth-order valence-electron chi connectivity index (χ4n) is 3.56. The molecular formula is C20H17F2N3O3. The number of para-hydroxylation sites is 1. The number of aliphatic hydroxyl groups excluding tert-OH is 1. The predicted molar refractivity (Wildman–Crippen MR) is 99.1 cm³/mol. The van der Waals surface area contributed by atoms with Crippen molar-refractivity contribution in [1.82, 2.24) is 9.55 Å². The van der Waals surface area contributed by atoms with Crippen LogP contribution in [0.1, 0.15) is 30.0 Å². The van der Waals surface area contributed by atoms with E-state index >= 15 is 0 Å². The second kappa shape index (κ2) is 6.20. The predicted octanol–water partition coefficient (Wildman–Crippen LogP) is 2.63. The topological polar surface area (TPSA) is 75.4 Å². The summed E-state index contributed by atoms with van der Waals surface area (Å²) in [6.45, 7) is 1.08. The van der Waals surface area contributed by atoms with Crippen molar-refractivity contribution in [3.8, 4) is 0 Å². The molecule has 0 unspecified atom stereocenters. The Hall–Kier alpha value is -3.13. The van der Waals surface area contributed by atoms with Crippen LogP contribution in [-0.2, 0) is 24.3 Å². The number of aromatic nitrogens is 2. The van der Waals surface area contributed by atoms with E-state index in [-0.39, 0.29) is 29.2 Å². The van der Waals surface area contributed by atoms with Gasteiger partial charge in [0, 0.05) is 7.05 Å². The van der Waals surface area contributed by atoms with Crippen LogP contribution in [0.5, 0.6) is 0 Å². The maximum atomic E-state index is 14.7. The minimum atomic E-state index is -3.77. The molecule has 0 aliphatic carbocycles. The first-order chi connectivity index (χ1) is 13.2. The van der Waals surface area contributed by atoms with Crippen LogP contribution in [0, 0.1) is 0 Å². The standard InChI is InChI=1S/C20H17F2N3O3/c1-11(26)12-7-5-9-15-17(12)20(21,22)19(28)25(15)10-16-23-14-8-4-3-6-13(14)18(27)24(16)2/h3-9,11,26H,10H2,1-2H3/t11-/m1/s1. The van der Waals surface area contributed by atoms with Gasteiger partial charge in [0.1, 0.15) is 5.82 Å².